The lowest BCUT2D eigenvalue weighted by Gasteiger charge is -2.18. The molecule has 0 aliphatic heterocycles. The first-order chi connectivity index (χ1) is 9.43. The Balaban J connectivity index is 1.74. The van der Waals surface area contributed by atoms with Crippen LogP contribution in [0.1, 0.15) is 36.6 Å². The summed E-state index contributed by atoms with van der Waals surface area (Å²) in [6, 6.07) is 16.9. The fourth-order valence-corrected chi connectivity index (χ4v) is 2.42. The van der Waals surface area contributed by atoms with Gasteiger partial charge in [-0.1, -0.05) is 49.2 Å². The molecule has 0 spiro atoms. The zero-order chi connectivity index (χ0) is 12.9. The van der Waals surface area contributed by atoms with E-state index in [0.29, 0.717) is 0 Å². The molecule has 19 heavy (non-hydrogen) atoms. The van der Waals surface area contributed by atoms with Gasteiger partial charge in [-0.05, 0) is 36.6 Å². The summed E-state index contributed by atoms with van der Waals surface area (Å²) >= 11 is 0. The Labute approximate surface area is 114 Å². The first-order valence-corrected chi connectivity index (χ1v) is 7.13. The summed E-state index contributed by atoms with van der Waals surface area (Å²) < 4.78 is 0. The Hall–Kier alpha value is -1.67. The average molecular weight is 252 g/mol. The second kappa shape index (κ2) is 5.98. The molecule has 0 amide bonds. The van der Waals surface area contributed by atoms with E-state index in [9.17, 15) is 0 Å². The highest BCUT2D eigenvalue weighted by molar-refractivity contribution is 5.27. The largest absolute Gasteiger partial charge is 0.305 e. The third-order valence-corrected chi connectivity index (χ3v) is 3.71. The van der Waals surface area contributed by atoms with Crippen molar-refractivity contribution >= 4 is 0 Å². The van der Waals surface area contributed by atoms with Crippen molar-refractivity contribution < 1.29 is 0 Å². The van der Waals surface area contributed by atoms with Crippen LogP contribution in [0.4, 0.5) is 0 Å². The minimum atomic E-state index is 0.209. The van der Waals surface area contributed by atoms with E-state index in [2.05, 4.69) is 52.8 Å². The first kappa shape index (κ1) is 12.4. The number of pyridine rings is 1. The fourth-order valence-electron chi connectivity index (χ4n) is 2.42. The standard InChI is InChI=1S/C17H20N2/c1-2-6-15(7-3-1)17(16-8-4-5-12-18-16)19-13-11-14-9-10-14/h1-8,12,14,17,19H,9-11,13H2. The molecule has 2 aromatic rings. The van der Waals surface area contributed by atoms with Crippen LogP contribution in [-0.4, -0.2) is 11.5 Å². The van der Waals surface area contributed by atoms with Gasteiger partial charge in [0.15, 0.2) is 0 Å². The zero-order valence-corrected chi connectivity index (χ0v) is 11.1. The van der Waals surface area contributed by atoms with Gasteiger partial charge in [0.25, 0.3) is 0 Å². The Morgan fingerprint density at radius 3 is 2.53 bits per heavy atom. The van der Waals surface area contributed by atoms with Crippen LogP contribution in [0.2, 0.25) is 0 Å². The number of hydrogen-bond acceptors (Lipinski definition) is 2. The Bertz CT molecular complexity index is 452. The van der Waals surface area contributed by atoms with Gasteiger partial charge >= 0.3 is 0 Å². The number of nitrogens with one attached hydrogen (secondary N) is 1. The van der Waals surface area contributed by atoms with Crippen LogP contribution >= 0.6 is 0 Å². The number of benzene rings is 1. The number of nitrogens with zero attached hydrogens (tertiary/aromatic N) is 1. The predicted octanol–water partition coefficient (Wildman–Crippen LogP) is 3.56. The highest BCUT2D eigenvalue weighted by Crippen LogP contribution is 2.32. The van der Waals surface area contributed by atoms with Crippen LogP contribution in [0.5, 0.6) is 0 Å². The van der Waals surface area contributed by atoms with Crippen molar-refractivity contribution in [3.05, 3.63) is 66.0 Å². The number of rotatable bonds is 6. The minimum Gasteiger partial charge on any atom is -0.305 e. The maximum absolute atomic E-state index is 4.51. The quantitative estimate of drug-likeness (QED) is 0.850. The molecule has 0 bridgehead atoms. The van der Waals surface area contributed by atoms with Gasteiger partial charge < -0.3 is 5.32 Å². The number of hydrogen-bond donors (Lipinski definition) is 1. The lowest BCUT2D eigenvalue weighted by atomic mass is 10.0. The average Bonchev–Trinajstić information content (AvgIpc) is 3.30. The van der Waals surface area contributed by atoms with Crippen molar-refractivity contribution in [2.45, 2.75) is 25.3 Å². The van der Waals surface area contributed by atoms with Gasteiger partial charge in [0, 0.05) is 6.20 Å². The van der Waals surface area contributed by atoms with E-state index in [4.69, 9.17) is 0 Å². The van der Waals surface area contributed by atoms with E-state index < -0.39 is 0 Å². The lowest BCUT2D eigenvalue weighted by Crippen LogP contribution is -2.24. The molecule has 1 aliphatic rings. The second-order valence-corrected chi connectivity index (χ2v) is 5.28. The van der Waals surface area contributed by atoms with Gasteiger partial charge in [0.2, 0.25) is 0 Å². The number of aromatic nitrogens is 1. The van der Waals surface area contributed by atoms with Crippen LogP contribution < -0.4 is 5.32 Å². The summed E-state index contributed by atoms with van der Waals surface area (Å²) in [6.45, 7) is 1.07. The summed E-state index contributed by atoms with van der Waals surface area (Å²) in [4.78, 5) is 4.51. The molecule has 1 fully saturated rings. The summed E-state index contributed by atoms with van der Waals surface area (Å²) in [6.07, 6.45) is 5.99. The highest BCUT2D eigenvalue weighted by atomic mass is 14.9. The van der Waals surface area contributed by atoms with Crippen LogP contribution in [0.15, 0.2) is 54.7 Å². The molecule has 2 heteroatoms. The molecule has 1 aromatic heterocycles. The Morgan fingerprint density at radius 1 is 1.05 bits per heavy atom. The summed E-state index contributed by atoms with van der Waals surface area (Å²) in [7, 11) is 0. The van der Waals surface area contributed by atoms with E-state index >= 15 is 0 Å². The molecule has 1 saturated carbocycles. The van der Waals surface area contributed by atoms with Crippen molar-refractivity contribution in [3.8, 4) is 0 Å². The van der Waals surface area contributed by atoms with E-state index in [-0.39, 0.29) is 6.04 Å². The first-order valence-electron chi connectivity index (χ1n) is 7.13. The van der Waals surface area contributed by atoms with E-state index in [1.807, 2.05) is 12.3 Å². The van der Waals surface area contributed by atoms with E-state index in [1.165, 1.54) is 24.8 Å². The maximum atomic E-state index is 4.51. The molecule has 1 atom stereocenters. The molecule has 98 valence electrons. The molecule has 0 radical (unpaired) electrons. The topological polar surface area (TPSA) is 24.9 Å². The molecule has 1 unspecified atom stereocenters. The van der Waals surface area contributed by atoms with Crippen molar-refractivity contribution in [2.75, 3.05) is 6.54 Å². The molecule has 1 aliphatic carbocycles. The molecule has 1 aromatic carbocycles. The summed E-state index contributed by atoms with van der Waals surface area (Å²) in [5.74, 6) is 0.965. The van der Waals surface area contributed by atoms with Crippen molar-refractivity contribution in [2.24, 2.45) is 5.92 Å². The van der Waals surface area contributed by atoms with Crippen molar-refractivity contribution in [3.63, 3.8) is 0 Å². The third kappa shape index (κ3) is 3.42. The zero-order valence-electron chi connectivity index (χ0n) is 11.1. The monoisotopic (exact) mass is 252 g/mol. The maximum Gasteiger partial charge on any atom is 0.0751 e. The molecule has 3 rings (SSSR count). The molecular weight excluding hydrogens is 232 g/mol. The van der Waals surface area contributed by atoms with Gasteiger partial charge in [0.05, 0.1) is 11.7 Å². The Morgan fingerprint density at radius 2 is 1.84 bits per heavy atom. The van der Waals surface area contributed by atoms with Crippen molar-refractivity contribution in [1.29, 1.82) is 0 Å². The van der Waals surface area contributed by atoms with Crippen molar-refractivity contribution in [1.82, 2.24) is 10.3 Å². The Kier molecular flexibility index (Phi) is 3.89. The minimum absolute atomic E-state index is 0.209. The van der Waals surface area contributed by atoms with Crippen LogP contribution in [0.3, 0.4) is 0 Å². The molecule has 1 N–H and O–H groups in total. The summed E-state index contributed by atoms with van der Waals surface area (Å²) in [5.41, 5.74) is 2.39. The van der Waals surface area contributed by atoms with Gasteiger partial charge in [-0.25, -0.2) is 0 Å². The second-order valence-electron chi connectivity index (χ2n) is 5.28. The smallest absolute Gasteiger partial charge is 0.0751 e. The van der Waals surface area contributed by atoms with Gasteiger partial charge in [0.1, 0.15) is 0 Å². The highest BCUT2D eigenvalue weighted by Gasteiger charge is 2.21. The van der Waals surface area contributed by atoms with Gasteiger partial charge in [-0.15, -0.1) is 0 Å². The van der Waals surface area contributed by atoms with E-state index in [0.717, 1.165) is 18.2 Å². The predicted molar refractivity (Wildman–Crippen MR) is 77.9 cm³/mol. The van der Waals surface area contributed by atoms with E-state index in [1.54, 1.807) is 0 Å². The van der Waals surface area contributed by atoms with Gasteiger partial charge in [-0.3, -0.25) is 4.98 Å². The van der Waals surface area contributed by atoms with Crippen LogP contribution in [-0.2, 0) is 0 Å². The molecule has 1 heterocycles. The third-order valence-electron chi connectivity index (χ3n) is 3.71. The summed E-state index contributed by atoms with van der Waals surface area (Å²) in [5, 5.41) is 3.66. The molecule has 0 saturated heterocycles. The fraction of sp³-hybridized carbons (Fsp3) is 0.353. The lowest BCUT2D eigenvalue weighted by molar-refractivity contribution is 0.552. The SMILES string of the molecule is c1ccc(C(NCCC2CC2)c2ccccn2)cc1. The normalized spacial score (nSPS) is 16.2. The van der Waals surface area contributed by atoms with Gasteiger partial charge in [-0.2, -0.15) is 0 Å². The molecule has 2 nitrogen and oxygen atoms in total. The van der Waals surface area contributed by atoms with Crippen LogP contribution in [0, 0.1) is 5.92 Å². The van der Waals surface area contributed by atoms with Crippen LogP contribution in [0.25, 0.3) is 0 Å². The molecular formula is C17H20N2.